The first-order valence-electron chi connectivity index (χ1n) is 19.2. The maximum absolute atomic E-state index is 5.56. The van der Waals surface area contributed by atoms with Crippen molar-refractivity contribution in [1.29, 1.82) is 0 Å². The van der Waals surface area contributed by atoms with E-state index in [4.69, 9.17) is 4.98 Å². The first-order chi connectivity index (χ1) is 24.8. The third-order valence-corrected chi connectivity index (χ3v) is 26.3. The summed E-state index contributed by atoms with van der Waals surface area (Å²) in [6.45, 7) is 11.2. The Balaban J connectivity index is 0.000000353. The van der Waals surface area contributed by atoms with Crippen LogP contribution in [0.4, 0.5) is 10.8 Å². The molecule has 9 rings (SSSR count). The van der Waals surface area contributed by atoms with Crippen molar-refractivity contribution in [3.63, 3.8) is 0 Å². The molecular formula is C47H51N2STl. The molecule has 1 spiro atoms. The molecule has 1 aromatic heterocycles. The number of para-hydroxylation sites is 2. The Morgan fingerprint density at radius 3 is 1.84 bits per heavy atom. The number of rotatable bonds is 8. The number of hydrogen-bond acceptors (Lipinski definition) is 3. The van der Waals surface area contributed by atoms with Crippen molar-refractivity contribution in [3.8, 4) is 11.1 Å². The minimum absolute atomic E-state index is 0.949. The molecule has 4 heteroatoms. The Morgan fingerprint density at radius 1 is 0.706 bits per heavy atom. The summed E-state index contributed by atoms with van der Waals surface area (Å²) in [6, 6.07) is 40.2. The molecule has 2 nitrogen and oxygen atoms in total. The molecule has 0 aliphatic heterocycles. The van der Waals surface area contributed by atoms with E-state index in [1.807, 2.05) is 11.3 Å². The van der Waals surface area contributed by atoms with Gasteiger partial charge in [0.2, 0.25) is 0 Å². The van der Waals surface area contributed by atoms with Crippen LogP contribution in [-0.2, 0) is 7.96 Å². The third kappa shape index (κ3) is 6.97. The van der Waals surface area contributed by atoms with Gasteiger partial charge in [-0.05, 0) is 55.8 Å². The summed E-state index contributed by atoms with van der Waals surface area (Å²) in [5.41, 5.74) is 15.4. The van der Waals surface area contributed by atoms with Crippen LogP contribution in [0.1, 0.15) is 77.5 Å². The average molecular weight is 880 g/mol. The topological polar surface area (TPSA) is 16.1 Å². The molecule has 6 aromatic rings. The van der Waals surface area contributed by atoms with Gasteiger partial charge in [0.1, 0.15) is 0 Å². The van der Waals surface area contributed by atoms with Crippen molar-refractivity contribution < 1.29 is 0 Å². The summed E-state index contributed by atoms with van der Waals surface area (Å²) in [4.78, 5) is 5.56. The standard InChI is InChI=1S/C24H23N2S.C9H14.2C7H7.Tl/c1-14-12-17(4)21(18(5)13-14)19-10-7-11-20-23(19)26-24(27-20)25-22-15(2)8-6-9-16(22)3;1-3-9-4-2-8(9)5-7(1)6-9;2*1-7-5-3-2-4-6-7;/h6-13H,1-5H3;7-8H,1-6H2;2*2-6H,1H2;/q-1;;;;+1. The second-order valence-electron chi connectivity index (χ2n) is 16.0. The third-order valence-electron chi connectivity index (χ3n) is 12.5. The summed E-state index contributed by atoms with van der Waals surface area (Å²) in [5.74, 6) is 2.38. The van der Waals surface area contributed by atoms with Crippen molar-refractivity contribution >= 4 is 55.4 Å². The van der Waals surface area contributed by atoms with Crippen LogP contribution in [0.3, 0.4) is 0 Å². The second kappa shape index (κ2) is 14.6. The van der Waals surface area contributed by atoms with Gasteiger partial charge >= 0.3 is 265 Å². The van der Waals surface area contributed by atoms with E-state index in [1.165, 1.54) is 72.3 Å². The molecule has 2 bridgehead atoms. The van der Waals surface area contributed by atoms with Gasteiger partial charge in [0.15, 0.2) is 0 Å². The summed E-state index contributed by atoms with van der Waals surface area (Å²) in [5, 5.41) is 1.15. The molecule has 3 saturated carbocycles. The van der Waals surface area contributed by atoms with E-state index in [2.05, 4.69) is 147 Å². The number of benzene rings is 5. The molecule has 3 atom stereocenters. The monoisotopic (exact) mass is 880 g/mol. The summed E-state index contributed by atoms with van der Waals surface area (Å²) in [6.07, 6.45) is 9.58. The number of nitrogens with zero attached hydrogens (tertiary/aromatic N) is 2. The van der Waals surface area contributed by atoms with Crippen molar-refractivity contribution in [2.75, 3.05) is 2.71 Å². The molecule has 0 saturated heterocycles. The van der Waals surface area contributed by atoms with Gasteiger partial charge in [-0.25, -0.2) is 0 Å². The zero-order chi connectivity index (χ0) is 35.1. The number of fused-ring (bicyclic) bond motifs is 2. The van der Waals surface area contributed by atoms with Crippen molar-refractivity contribution in [2.24, 2.45) is 17.3 Å². The van der Waals surface area contributed by atoms with Crippen molar-refractivity contribution in [3.05, 3.63) is 148 Å². The average Bonchev–Trinajstić information content (AvgIpc) is 3.81. The van der Waals surface area contributed by atoms with Crippen molar-refractivity contribution in [1.82, 2.24) is 4.98 Å². The molecule has 3 aliphatic carbocycles. The van der Waals surface area contributed by atoms with Gasteiger partial charge in [0.25, 0.3) is 0 Å². The predicted octanol–water partition coefficient (Wildman–Crippen LogP) is 12.8. The molecule has 0 N–H and O–H groups in total. The van der Waals surface area contributed by atoms with Crippen molar-refractivity contribution in [2.45, 2.75) is 81.1 Å². The predicted molar refractivity (Wildman–Crippen MR) is 220 cm³/mol. The molecule has 5 aromatic carbocycles. The number of hydrogen-bond donors (Lipinski definition) is 0. The summed E-state index contributed by atoms with van der Waals surface area (Å²) < 4.78 is 6.31. The second-order valence-corrected chi connectivity index (χ2v) is 27.3. The van der Waals surface area contributed by atoms with E-state index < -0.39 is 23.0 Å². The van der Waals surface area contributed by atoms with E-state index in [-0.39, 0.29) is 0 Å². The van der Waals surface area contributed by atoms with E-state index in [9.17, 15) is 0 Å². The number of thiazole rings is 1. The van der Waals surface area contributed by atoms with Crippen LogP contribution in [0.2, 0.25) is 0 Å². The van der Waals surface area contributed by atoms with Crippen LogP contribution < -0.4 is 2.71 Å². The fourth-order valence-corrected chi connectivity index (χ4v) is 25.7. The maximum atomic E-state index is 5.56. The van der Waals surface area contributed by atoms with Gasteiger partial charge in [-0.2, -0.15) is 0 Å². The molecule has 3 fully saturated rings. The fraction of sp³-hybridized carbons (Fsp3) is 0.340. The van der Waals surface area contributed by atoms with Crippen LogP contribution >= 0.6 is 11.3 Å². The molecular weight excluding hydrogens is 829 g/mol. The van der Waals surface area contributed by atoms with Gasteiger partial charge in [0, 0.05) is 0 Å². The first kappa shape index (κ1) is 34.8. The molecule has 3 unspecified atom stereocenters. The van der Waals surface area contributed by atoms with Crippen LogP contribution in [0.25, 0.3) is 21.3 Å². The van der Waals surface area contributed by atoms with Crippen LogP contribution in [0.5, 0.6) is 0 Å². The Morgan fingerprint density at radius 2 is 1.31 bits per heavy atom. The SMILES string of the molecule is C1CC23CCC2CC1C3.Cc1cc(C)c(-c2cccc3sc([N](c4c(C)cccc4C)[Tl]([CH2]c4ccccc4)[CH2]c4ccccc4)nc23)c(C)c1. The normalized spacial score (nSPS) is 20.0. The molecule has 1 heterocycles. The van der Waals surface area contributed by atoms with Gasteiger partial charge in [-0.3, -0.25) is 0 Å². The number of aryl methyl sites for hydroxylation is 5. The molecule has 3 aliphatic rings. The van der Waals surface area contributed by atoms with Crippen LogP contribution in [0.15, 0.2) is 109 Å². The van der Waals surface area contributed by atoms with Gasteiger partial charge in [0.05, 0.1) is 0 Å². The van der Waals surface area contributed by atoms with Gasteiger partial charge in [-0.1, -0.05) is 0 Å². The van der Waals surface area contributed by atoms with Gasteiger partial charge < -0.3 is 0 Å². The van der Waals surface area contributed by atoms with E-state index >= 15 is 0 Å². The quantitative estimate of drug-likeness (QED) is 0.142. The van der Waals surface area contributed by atoms with E-state index in [0.29, 0.717) is 0 Å². The first-order valence-corrected chi connectivity index (χ1v) is 28.4. The summed E-state index contributed by atoms with van der Waals surface area (Å²) in [7, 11) is 0. The Labute approximate surface area is 318 Å². The van der Waals surface area contributed by atoms with E-state index in [0.717, 1.165) is 24.0 Å². The zero-order valence-electron chi connectivity index (χ0n) is 31.1. The zero-order valence-corrected chi connectivity index (χ0v) is 36.4. The molecule has 0 amide bonds. The molecule has 258 valence electrons. The summed E-state index contributed by atoms with van der Waals surface area (Å²) >= 11 is -0.973. The number of anilines is 2. The Kier molecular flexibility index (Phi) is 9.97. The fourth-order valence-electron chi connectivity index (χ4n) is 10.1. The van der Waals surface area contributed by atoms with Crippen LogP contribution in [-0.4, -0.2) is 28.0 Å². The van der Waals surface area contributed by atoms with E-state index in [1.54, 1.807) is 38.5 Å². The number of aromatic nitrogens is 1. The molecule has 0 radical (unpaired) electrons. The Hall–Kier alpha value is -3.29. The minimum atomic E-state index is -2.83. The molecule has 51 heavy (non-hydrogen) atoms. The van der Waals surface area contributed by atoms with Gasteiger partial charge in [-0.15, -0.1) is 0 Å². The van der Waals surface area contributed by atoms with Crippen LogP contribution in [0, 0.1) is 51.9 Å². The Bertz CT molecular complexity index is 2070.